The molecule has 0 aliphatic rings. The second-order valence-corrected chi connectivity index (χ2v) is 4.89. The third-order valence-corrected chi connectivity index (χ3v) is 3.52. The zero-order chi connectivity index (χ0) is 14.1. The van der Waals surface area contributed by atoms with E-state index >= 15 is 0 Å². The summed E-state index contributed by atoms with van der Waals surface area (Å²) in [5.41, 5.74) is 9.16. The SMILES string of the molecule is CO[C@H](c1ccc(SCCO)cc1)[C@@H](CF)N=[N+]=[N-]. The number of hydrogen-bond acceptors (Lipinski definition) is 4. The van der Waals surface area contributed by atoms with Gasteiger partial charge in [0.25, 0.3) is 0 Å². The van der Waals surface area contributed by atoms with Crippen LogP contribution in [0.3, 0.4) is 0 Å². The quantitative estimate of drug-likeness (QED) is 0.345. The van der Waals surface area contributed by atoms with Crippen LogP contribution in [0.25, 0.3) is 10.4 Å². The molecule has 19 heavy (non-hydrogen) atoms. The molecular weight excluding hydrogens is 269 g/mol. The molecule has 0 aliphatic carbocycles. The van der Waals surface area contributed by atoms with Gasteiger partial charge in [-0.1, -0.05) is 17.2 Å². The fourth-order valence-corrected chi connectivity index (χ4v) is 2.33. The van der Waals surface area contributed by atoms with Gasteiger partial charge in [-0.3, -0.25) is 4.39 Å². The van der Waals surface area contributed by atoms with Crippen molar-refractivity contribution in [3.63, 3.8) is 0 Å². The first-order valence-corrected chi connectivity index (χ1v) is 6.72. The van der Waals surface area contributed by atoms with Crippen LogP contribution in [0.2, 0.25) is 0 Å². The minimum atomic E-state index is -0.869. The van der Waals surface area contributed by atoms with Crippen LogP contribution in [0.1, 0.15) is 11.7 Å². The summed E-state index contributed by atoms with van der Waals surface area (Å²) >= 11 is 1.53. The minimum Gasteiger partial charge on any atom is -0.396 e. The Morgan fingerprint density at radius 3 is 2.63 bits per heavy atom. The summed E-state index contributed by atoms with van der Waals surface area (Å²) in [6.07, 6.45) is -0.599. The molecule has 0 saturated carbocycles. The van der Waals surface area contributed by atoms with Crippen molar-refractivity contribution < 1.29 is 14.2 Å². The molecule has 1 aromatic carbocycles. The van der Waals surface area contributed by atoms with Gasteiger partial charge in [0.2, 0.25) is 0 Å². The van der Waals surface area contributed by atoms with Gasteiger partial charge < -0.3 is 9.84 Å². The average Bonchev–Trinajstić information content (AvgIpc) is 2.46. The van der Waals surface area contributed by atoms with Crippen molar-refractivity contribution in [2.45, 2.75) is 17.0 Å². The van der Waals surface area contributed by atoms with E-state index in [4.69, 9.17) is 15.4 Å². The van der Waals surface area contributed by atoms with Crippen LogP contribution in [-0.4, -0.2) is 37.3 Å². The molecule has 0 fully saturated rings. The number of thioether (sulfide) groups is 1. The summed E-state index contributed by atoms with van der Waals surface area (Å²) in [6.45, 7) is -0.655. The largest absolute Gasteiger partial charge is 0.396 e. The first-order valence-electron chi connectivity index (χ1n) is 5.73. The zero-order valence-corrected chi connectivity index (χ0v) is 11.4. The van der Waals surface area contributed by atoms with Crippen LogP contribution in [0.5, 0.6) is 0 Å². The second-order valence-electron chi connectivity index (χ2n) is 3.72. The number of hydrogen-bond donors (Lipinski definition) is 1. The molecule has 0 bridgehead atoms. The lowest BCUT2D eigenvalue weighted by molar-refractivity contribution is 0.0721. The summed E-state index contributed by atoms with van der Waals surface area (Å²) in [5, 5.41) is 12.1. The van der Waals surface area contributed by atoms with E-state index in [1.807, 2.05) is 24.3 Å². The number of halogens is 1. The fraction of sp³-hybridized carbons (Fsp3) is 0.500. The summed E-state index contributed by atoms with van der Waals surface area (Å²) in [7, 11) is 1.45. The van der Waals surface area contributed by atoms with Gasteiger partial charge in [-0.25, -0.2) is 0 Å². The number of aliphatic hydroxyl groups is 1. The molecule has 104 valence electrons. The first kappa shape index (κ1) is 15.8. The third kappa shape index (κ3) is 4.72. The molecule has 7 heteroatoms. The van der Waals surface area contributed by atoms with Crippen molar-refractivity contribution >= 4 is 11.8 Å². The maximum absolute atomic E-state index is 12.8. The highest BCUT2D eigenvalue weighted by molar-refractivity contribution is 7.99. The van der Waals surface area contributed by atoms with Crippen molar-refractivity contribution in [2.75, 3.05) is 26.1 Å². The zero-order valence-electron chi connectivity index (χ0n) is 10.6. The van der Waals surface area contributed by atoms with Crippen LogP contribution < -0.4 is 0 Å². The predicted molar refractivity (Wildman–Crippen MR) is 72.9 cm³/mol. The highest BCUT2D eigenvalue weighted by atomic mass is 32.2. The number of rotatable bonds is 8. The van der Waals surface area contributed by atoms with Crippen molar-refractivity contribution in [1.29, 1.82) is 0 Å². The number of nitrogens with zero attached hydrogens (tertiary/aromatic N) is 3. The fourth-order valence-electron chi connectivity index (χ4n) is 1.67. The molecule has 0 unspecified atom stereocenters. The van der Waals surface area contributed by atoms with Crippen molar-refractivity contribution in [3.8, 4) is 0 Å². The molecule has 0 spiro atoms. The number of ether oxygens (including phenoxy) is 1. The number of aliphatic hydroxyl groups excluding tert-OH is 1. The van der Waals surface area contributed by atoms with E-state index in [2.05, 4.69) is 10.0 Å². The lowest BCUT2D eigenvalue weighted by Gasteiger charge is -2.20. The van der Waals surface area contributed by atoms with E-state index < -0.39 is 18.8 Å². The molecule has 0 heterocycles. The van der Waals surface area contributed by atoms with Crippen molar-refractivity contribution in [1.82, 2.24) is 0 Å². The second kappa shape index (κ2) is 8.77. The predicted octanol–water partition coefficient (Wildman–Crippen LogP) is 3.11. The lowest BCUT2D eigenvalue weighted by Crippen LogP contribution is -2.20. The number of azide groups is 1. The Balaban J connectivity index is 2.83. The van der Waals surface area contributed by atoms with E-state index in [0.29, 0.717) is 5.75 Å². The molecule has 0 amide bonds. The highest BCUT2D eigenvalue weighted by Gasteiger charge is 2.21. The van der Waals surface area contributed by atoms with E-state index in [1.54, 1.807) is 0 Å². The Hall–Kier alpha value is -1.27. The molecule has 1 N–H and O–H groups in total. The van der Waals surface area contributed by atoms with Gasteiger partial charge in [0.1, 0.15) is 6.67 Å². The molecule has 0 saturated heterocycles. The summed E-state index contributed by atoms with van der Waals surface area (Å²) in [5.74, 6) is 0.624. The monoisotopic (exact) mass is 285 g/mol. The maximum atomic E-state index is 12.8. The summed E-state index contributed by atoms with van der Waals surface area (Å²) in [6, 6.07) is 6.48. The van der Waals surface area contributed by atoms with E-state index in [9.17, 15) is 4.39 Å². The van der Waals surface area contributed by atoms with Crippen LogP contribution >= 0.6 is 11.8 Å². The van der Waals surface area contributed by atoms with E-state index in [0.717, 1.165) is 10.5 Å². The molecule has 5 nitrogen and oxygen atoms in total. The van der Waals surface area contributed by atoms with Gasteiger partial charge >= 0.3 is 0 Å². The Morgan fingerprint density at radius 1 is 1.47 bits per heavy atom. The molecule has 1 aromatic rings. The van der Waals surface area contributed by atoms with E-state index in [1.165, 1.54) is 18.9 Å². The van der Waals surface area contributed by atoms with Gasteiger partial charge in [-0.05, 0) is 23.2 Å². The molecule has 2 atom stereocenters. The average molecular weight is 285 g/mol. The van der Waals surface area contributed by atoms with Crippen LogP contribution in [0, 0.1) is 0 Å². The first-order chi connectivity index (χ1) is 9.26. The van der Waals surface area contributed by atoms with Gasteiger partial charge in [0.15, 0.2) is 0 Å². The lowest BCUT2D eigenvalue weighted by atomic mass is 10.0. The van der Waals surface area contributed by atoms with Gasteiger partial charge in [0.05, 0.1) is 18.8 Å². The molecule has 1 rings (SSSR count). The molecule has 0 aliphatic heterocycles. The number of alkyl halides is 1. The smallest absolute Gasteiger partial charge is 0.101 e. The number of methoxy groups -OCH3 is 1. The van der Waals surface area contributed by atoms with Gasteiger partial charge in [-0.15, -0.1) is 11.8 Å². The number of benzene rings is 1. The van der Waals surface area contributed by atoms with Crippen LogP contribution in [-0.2, 0) is 4.74 Å². The van der Waals surface area contributed by atoms with Gasteiger partial charge in [0, 0.05) is 22.7 Å². The highest BCUT2D eigenvalue weighted by Crippen LogP contribution is 2.26. The van der Waals surface area contributed by atoms with E-state index in [-0.39, 0.29) is 6.61 Å². The summed E-state index contributed by atoms with van der Waals surface area (Å²) in [4.78, 5) is 3.64. The minimum absolute atomic E-state index is 0.119. The molecule has 0 radical (unpaired) electrons. The van der Waals surface area contributed by atoms with Crippen molar-refractivity contribution in [2.24, 2.45) is 5.11 Å². The standard InChI is InChI=1S/C12H16FN3O2S/c1-18-12(11(8-13)15-16-14)9-2-4-10(5-3-9)19-7-6-17/h2-5,11-12,17H,6-8H2,1H3/t11-,12-/m1/s1. The summed E-state index contributed by atoms with van der Waals surface area (Å²) < 4.78 is 18.0. The maximum Gasteiger partial charge on any atom is 0.101 e. The molecule has 0 aromatic heterocycles. The van der Waals surface area contributed by atoms with Crippen LogP contribution in [0.4, 0.5) is 4.39 Å². The Kier molecular flexibility index (Phi) is 7.28. The van der Waals surface area contributed by atoms with Crippen molar-refractivity contribution in [3.05, 3.63) is 40.3 Å². The van der Waals surface area contributed by atoms with Crippen LogP contribution in [0.15, 0.2) is 34.3 Å². The Morgan fingerprint density at radius 2 is 2.16 bits per heavy atom. The molecular formula is C12H16FN3O2S. The van der Waals surface area contributed by atoms with Gasteiger partial charge in [-0.2, -0.15) is 0 Å². The third-order valence-electron chi connectivity index (χ3n) is 2.53. The Labute approximate surface area is 115 Å². The normalized spacial score (nSPS) is 13.6. The Bertz CT molecular complexity index is 423. The topological polar surface area (TPSA) is 78.2 Å².